The topological polar surface area (TPSA) is 26.3 Å². The number of carbonyl (C=O) groups excluding carboxylic acids is 1. The van der Waals surface area contributed by atoms with Crippen LogP contribution in [0.1, 0.15) is 27.7 Å². The van der Waals surface area contributed by atoms with Gasteiger partial charge < -0.3 is 4.74 Å². The number of esters is 1. The van der Waals surface area contributed by atoms with Crippen LogP contribution in [-0.4, -0.2) is 23.6 Å². The summed E-state index contributed by atoms with van der Waals surface area (Å²) in [4.78, 5) is 11.2. The van der Waals surface area contributed by atoms with Crippen LogP contribution in [0.2, 0.25) is 0 Å². The summed E-state index contributed by atoms with van der Waals surface area (Å²) in [5, 5.41) is 0.543. The minimum absolute atomic E-state index is 0.268. The van der Waals surface area contributed by atoms with Crippen molar-refractivity contribution in [3.63, 3.8) is 0 Å². The molecule has 82 valence electrons. The third-order valence-corrected chi connectivity index (χ3v) is 3.61. The fraction of sp³-hybridized carbons (Fsp3) is 0.727. The second-order valence-corrected chi connectivity index (χ2v) is 4.95. The molecule has 0 N–H and O–H groups in total. The lowest BCUT2D eigenvalue weighted by Crippen LogP contribution is -2.12. The van der Waals surface area contributed by atoms with Crippen molar-refractivity contribution < 1.29 is 9.53 Å². The molecule has 3 heteroatoms. The van der Waals surface area contributed by atoms with Crippen LogP contribution in [0.4, 0.5) is 0 Å². The van der Waals surface area contributed by atoms with Gasteiger partial charge in [0.05, 0.1) is 6.61 Å². The molecule has 14 heavy (non-hydrogen) atoms. The first kappa shape index (κ1) is 13.6. The van der Waals surface area contributed by atoms with Crippen LogP contribution in [0.5, 0.6) is 0 Å². The molecule has 1 atom stereocenters. The monoisotopic (exact) mass is 216 g/mol. The van der Waals surface area contributed by atoms with Crippen molar-refractivity contribution in [2.75, 3.05) is 12.4 Å². The molecular weight excluding hydrogens is 196 g/mol. The molecule has 0 aliphatic heterocycles. The van der Waals surface area contributed by atoms with Gasteiger partial charge in [-0.2, -0.15) is 11.8 Å². The van der Waals surface area contributed by atoms with Crippen molar-refractivity contribution in [1.29, 1.82) is 0 Å². The number of hydrogen-bond acceptors (Lipinski definition) is 3. The Labute approximate surface area is 91.1 Å². The van der Waals surface area contributed by atoms with E-state index >= 15 is 0 Å². The first-order chi connectivity index (χ1) is 6.49. The van der Waals surface area contributed by atoms with Crippen molar-refractivity contribution >= 4 is 17.7 Å². The van der Waals surface area contributed by atoms with Crippen LogP contribution in [0.3, 0.4) is 0 Å². The van der Waals surface area contributed by atoms with Crippen molar-refractivity contribution in [3.05, 3.63) is 12.2 Å². The molecule has 0 rings (SSSR count). The van der Waals surface area contributed by atoms with Crippen LogP contribution < -0.4 is 0 Å². The fourth-order valence-corrected chi connectivity index (χ4v) is 1.68. The van der Waals surface area contributed by atoms with Gasteiger partial charge in [-0.05, 0) is 12.8 Å². The van der Waals surface area contributed by atoms with Gasteiger partial charge >= 0.3 is 5.97 Å². The van der Waals surface area contributed by atoms with E-state index in [1.165, 1.54) is 0 Å². The minimum atomic E-state index is -0.268. The molecule has 0 radical (unpaired) electrons. The van der Waals surface area contributed by atoms with Crippen molar-refractivity contribution in [2.45, 2.75) is 32.9 Å². The number of carbonyl (C=O) groups is 1. The molecule has 0 spiro atoms. The third-order valence-electron chi connectivity index (χ3n) is 2.02. The molecule has 0 saturated carbocycles. The second kappa shape index (κ2) is 6.93. The molecule has 0 fully saturated rings. The predicted molar refractivity (Wildman–Crippen MR) is 62.5 cm³/mol. The molecule has 0 heterocycles. The SMILES string of the molecule is C=C(CSC(C)C(C)C)C(=O)OCC. The summed E-state index contributed by atoms with van der Waals surface area (Å²) in [6.45, 7) is 12.4. The maximum Gasteiger partial charge on any atom is 0.334 e. The summed E-state index contributed by atoms with van der Waals surface area (Å²) in [5.41, 5.74) is 0.560. The lowest BCUT2D eigenvalue weighted by molar-refractivity contribution is -0.138. The lowest BCUT2D eigenvalue weighted by atomic mass is 10.2. The summed E-state index contributed by atoms with van der Waals surface area (Å²) < 4.78 is 4.84. The number of rotatable bonds is 6. The maximum atomic E-state index is 11.2. The van der Waals surface area contributed by atoms with Gasteiger partial charge in [-0.25, -0.2) is 4.79 Å². The molecule has 0 bridgehead atoms. The average Bonchev–Trinajstić information content (AvgIpc) is 2.13. The van der Waals surface area contributed by atoms with Crippen LogP contribution in [-0.2, 0) is 9.53 Å². The van der Waals surface area contributed by atoms with Gasteiger partial charge in [-0.3, -0.25) is 0 Å². The van der Waals surface area contributed by atoms with E-state index in [1.54, 1.807) is 18.7 Å². The van der Waals surface area contributed by atoms with Crippen molar-refractivity contribution in [1.82, 2.24) is 0 Å². The minimum Gasteiger partial charge on any atom is -0.463 e. The summed E-state index contributed by atoms with van der Waals surface area (Å²) in [7, 11) is 0. The average molecular weight is 216 g/mol. The Bertz CT molecular complexity index is 199. The number of ether oxygens (including phenoxy) is 1. The largest absolute Gasteiger partial charge is 0.463 e. The highest BCUT2D eigenvalue weighted by Gasteiger charge is 2.12. The van der Waals surface area contributed by atoms with Gasteiger partial charge in [0.25, 0.3) is 0 Å². The number of thioether (sulfide) groups is 1. The van der Waals surface area contributed by atoms with Crippen LogP contribution in [0.25, 0.3) is 0 Å². The third kappa shape index (κ3) is 5.32. The van der Waals surface area contributed by atoms with Crippen molar-refractivity contribution in [2.24, 2.45) is 5.92 Å². The molecule has 0 aromatic heterocycles. The van der Waals surface area contributed by atoms with Gasteiger partial charge in [0.15, 0.2) is 0 Å². The van der Waals surface area contributed by atoms with Gasteiger partial charge in [0, 0.05) is 16.6 Å². The molecule has 0 aliphatic rings. The molecule has 0 aliphatic carbocycles. The molecule has 0 aromatic carbocycles. The molecule has 2 nitrogen and oxygen atoms in total. The van der Waals surface area contributed by atoms with Gasteiger partial charge in [0.1, 0.15) is 0 Å². The smallest absolute Gasteiger partial charge is 0.334 e. The molecule has 0 aromatic rings. The van der Waals surface area contributed by atoms with Crippen LogP contribution >= 0.6 is 11.8 Å². The Morgan fingerprint density at radius 1 is 1.43 bits per heavy atom. The van der Waals surface area contributed by atoms with E-state index in [0.717, 1.165) is 0 Å². The standard InChI is InChI=1S/C11H20O2S/c1-6-13-11(12)9(4)7-14-10(5)8(2)3/h8,10H,4,6-7H2,1-3,5H3. The van der Waals surface area contributed by atoms with Gasteiger partial charge in [-0.15, -0.1) is 0 Å². The van der Waals surface area contributed by atoms with E-state index in [9.17, 15) is 4.79 Å². The maximum absolute atomic E-state index is 11.2. The zero-order valence-electron chi connectivity index (χ0n) is 9.50. The lowest BCUT2D eigenvalue weighted by Gasteiger charge is -2.15. The molecule has 1 unspecified atom stereocenters. The highest BCUT2D eigenvalue weighted by atomic mass is 32.2. The van der Waals surface area contributed by atoms with E-state index in [0.29, 0.717) is 29.1 Å². The van der Waals surface area contributed by atoms with Gasteiger partial charge in [-0.1, -0.05) is 27.4 Å². The normalized spacial score (nSPS) is 12.6. The quantitative estimate of drug-likeness (QED) is 0.504. The second-order valence-electron chi connectivity index (χ2n) is 3.58. The first-order valence-corrected chi connectivity index (χ1v) is 6.00. The summed E-state index contributed by atoms with van der Waals surface area (Å²) >= 11 is 1.75. The van der Waals surface area contributed by atoms with E-state index in [2.05, 4.69) is 27.4 Å². The summed E-state index contributed by atoms with van der Waals surface area (Å²) in [5.74, 6) is 1.02. The molecule has 0 amide bonds. The van der Waals surface area contributed by atoms with E-state index in [-0.39, 0.29) is 5.97 Å². The molecular formula is C11H20O2S. The highest BCUT2D eigenvalue weighted by Crippen LogP contribution is 2.20. The fourth-order valence-electron chi connectivity index (χ4n) is 0.717. The Hall–Kier alpha value is -0.440. The Morgan fingerprint density at radius 3 is 2.43 bits per heavy atom. The Morgan fingerprint density at radius 2 is 2.00 bits per heavy atom. The zero-order valence-corrected chi connectivity index (χ0v) is 10.3. The first-order valence-electron chi connectivity index (χ1n) is 4.95. The van der Waals surface area contributed by atoms with Crippen LogP contribution in [0, 0.1) is 5.92 Å². The van der Waals surface area contributed by atoms with Crippen molar-refractivity contribution in [3.8, 4) is 0 Å². The Kier molecular flexibility index (Phi) is 6.71. The van der Waals surface area contributed by atoms with Gasteiger partial charge in [0.2, 0.25) is 0 Å². The van der Waals surface area contributed by atoms with E-state index < -0.39 is 0 Å². The van der Waals surface area contributed by atoms with Crippen LogP contribution in [0.15, 0.2) is 12.2 Å². The van der Waals surface area contributed by atoms with E-state index in [4.69, 9.17) is 4.74 Å². The van der Waals surface area contributed by atoms with E-state index in [1.807, 2.05) is 0 Å². The molecule has 0 saturated heterocycles. The number of hydrogen-bond donors (Lipinski definition) is 0. The predicted octanol–water partition coefficient (Wildman–Crippen LogP) is 2.88. The Balaban J connectivity index is 3.79. The summed E-state index contributed by atoms with van der Waals surface area (Å²) in [6.07, 6.45) is 0. The summed E-state index contributed by atoms with van der Waals surface area (Å²) in [6, 6.07) is 0. The highest BCUT2D eigenvalue weighted by molar-refractivity contribution is 8.00. The zero-order chi connectivity index (χ0) is 11.1.